The topological polar surface area (TPSA) is 63.4 Å². The Bertz CT molecular complexity index is 432. The zero-order chi connectivity index (χ0) is 13.1. The quantitative estimate of drug-likeness (QED) is 0.829. The summed E-state index contributed by atoms with van der Waals surface area (Å²) in [6, 6.07) is -0.305. The molecule has 3 saturated carbocycles. The average Bonchev–Trinajstić information content (AvgIpc) is 3.22. The summed E-state index contributed by atoms with van der Waals surface area (Å²) in [7, 11) is 0. The standard InChI is InChI=1S/C15H22N2O2/c16-14(18)13-10-3-1-2-9(10)7-17(13)15(19)12-6-11(12)8-4-5-8/h8-13H,1-7H2,(H2,16,18)/t9?,10?,11-,12+,13?/m1/s1. The summed E-state index contributed by atoms with van der Waals surface area (Å²) in [5.74, 6) is 2.47. The van der Waals surface area contributed by atoms with Crippen LogP contribution in [0.4, 0.5) is 0 Å². The zero-order valence-corrected chi connectivity index (χ0v) is 11.3. The number of fused-ring (bicyclic) bond motifs is 1. The maximum Gasteiger partial charge on any atom is 0.240 e. The molecule has 0 bridgehead atoms. The zero-order valence-electron chi connectivity index (χ0n) is 11.3. The van der Waals surface area contributed by atoms with Gasteiger partial charge in [-0.1, -0.05) is 6.42 Å². The van der Waals surface area contributed by atoms with Gasteiger partial charge in [-0.25, -0.2) is 0 Å². The molecular weight excluding hydrogens is 240 g/mol. The molecule has 3 unspecified atom stereocenters. The number of hydrogen-bond acceptors (Lipinski definition) is 2. The van der Waals surface area contributed by atoms with Gasteiger partial charge in [0, 0.05) is 12.5 Å². The molecule has 0 aromatic heterocycles. The fraction of sp³-hybridized carbons (Fsp3) is 0.867. The molecular formula is C15H22N2O2. The molecule has 0 aromatic rings. The van der Waals surface area contributed by atoms with E-state index in [1.54, 1.807) is 0 Å². The number of nitrogens with two attached hydrogens (primary N) is 1. The molecule has 2 amide bonds. The fourth-order valence-electron chi connectivity index (χ4n) is 4.65. The highest BCUT2D eigenvalue weighted by Gasteiger charge is 2.56. The van der Waals surface area contributed by atoms with Crippen LogP contribution in [0.5, 0.6) is 0 Å². The van der Waals surface area contributed by atoms with Gasteiger partial charge in [-0.3, -0.25) is 9.59 Å². The molecule has 4 aliphatic rings. The summed E-state index contributed by atoms with van der Waals surface area (Å²) in [6.07, 6.45) is 7.09. The number of amides is 2. The number of likely N-dealkylation sites (tertiary alicyclic amines) is 1. The first-order chi connectivity index (χ1) is 9.16. The number of primary amides is 1. The lowest BCUT2D eigenvalue weighted by Gasteiger charge is -2.25. The van der Waals surface area contributed by atoms with Crippen LogP contribution in [0.25, 0.3) is 0 Å². The highest BCUT2D eigenvalue weighted by atomic mass is 16.2. The first-order valence-corrected chi connectivity index (χ1v) is 7.76. The van der Waals surface area contributed by atoms with Crippen molar-refractivity contribution in [2.24, 2.45) is 35.3 Å². The molecule has 4 heteroatoms. The summed E-state index contributed by atoms with van der Waals surface area (Å²) >= 11 is 0. The smallest absolute Gasteiger partial charge is 0.240 e. The molecule has 4 rings (SSSR count). The Balaban J connectivity index is 1.50. The Kier molecular flexibility index (Phi) is 2.45. The van der Waals surface area contributed by atoms with Gasteiger partial charge in [0.15, 0.2) is 0 Å². The third kappa shape index (κ3) is 1.79. The molecule has 19 heavy (non-hydrogen) atoms. The summed E-state index contributed by atoms with van der Waals surface area (Å²) in [4.78, 5) is 26.2. The lowest BCUT2D eigenvalue weighted by molar-refractivity contribution is -0.139. The Morgan fingerprint density at radius 2 is 1.79 bits per heavy atom. The summed E-state index contributed by atoms with van der Waals surface area (Å²) < 4.78 is 0. The summed E-state index contributed by atoms with van der Waals surface area (Å²) in [5, 5.41) is 0. The minimum atomic E-state index is -0.305. The van der Waals surface area contributed by atoms with Crippen molar-refractivity contribution in [3.8, 4) is 0 Å². The lowest BCUT2D eigenvalue weighted by Crippen LogP contribution is -2.47. The molecule has 0 spiro atoms. The van der Waals surface area contributed by atoms with Crippen molar-refractivity contribution in [2.45, 2.75) is 44.6 Å². The van der Waals surface area contributed by atoms with E-state index in [1.165, 1.54) is 19.3 Å². The SMILES string of the molecule is NC(=O)C1C2CCCC2CN1C(=O)[C@H]1C[C@@H]1C1CC1. The van der Waals surface area contributed by atoms with Crippen LogP contribution in [0.1, 0.15) is 38.5 Å². The number of nitrogens with zero attached hydrogens (tertiary/aromatic N) is 1. The van der Waals surface area contributed by atoms with Crippen molar-refractivity contribution in [3.05, 3.63) is 0 Å². The Labute approximate surface area is 113 Å². The van der Waals surface area contributed by atoms with Gasteiger partial charge in [0.25, 0.3) is 0 Å². The molecule has 1 saturated heterocycles. The molecule has 104 valence electrons. The van der Waals surface area contributed by atoms with E-state index >= 15 is 0 Å². The van der Waals surface area contributed by atoms with Gasteiger partial charge in [-0.15, -0.1) is 0 Å². The molecule has 4 nitrogen and oxygen atoms in total. The van der Waals surface area contributed by atoms with Gasteiger partial charge in [0.1, 0.15) is 6.04 Å². The van der Waals surface area contributed by atoms with E-state index in [-0.39, 0.29) is 23.8 Å². The lowest BCUT2D eigenvalue weighted by atomic mass is 9.93. The first kappa shape index (κ1) is 11.7. The van der Waals surface area contributed by atoms with Crippen LogP contribution in [0.3, 0.4) is 0 Å². The van der Waals surface area contributed by atoms with Crippen molar-refractivity contribution in [2.75, 3.05) is 6.54 Å². The van der Waals surface area contributed by atoms with Crippen LogP contribution >= 0.6 is 0 Å². The summed E-state index contributed by atoms with van der Waals surface area (Å²) in [5.41, 5.74) is 5.58. The third-order valence-corrected chi connectivity index (χ3v) is 5.85. The van der Waals surface area contributed by atoms with Crippen LogP contribution in [0.15, 0.2) is 0 Å². The maximum absolute atomic E-state index is 12.6. The number of rotatable bonds is 3. The van der Waals surface area contributed by atoms with Crippen molar-refractivity contribution in [3.63, 3.8) is 0 Å². The van der Waals surface area contributed by atoms with Gasteiger partial charge >= 0.3 is 0 Å². The van der Waals surface area contributed by atoms with E-state index in [1.807, 2.05) is 4.90 Å². The Morgan fingerprint density at radius 3 is 2.47 bits per heavy atom. The van der Waals surface area contributed by atoms with E-state index in [2.05, 4.69) is 0 Å². The minimum absolute atomic E-state index is 0.216. The van der Waals surface area contributed by atoms with E-state index in [0.29, 0.717) is 17.8 Å². The molecule has 2 N–H and O–H groups in total. The van der Waals surface area contributed by atoms with E-state index in [4.69, 9.17) is 5.73 Å². The van der Waals surface area contributed by atoms with Gasteiger partial charge < -0.3 is 10.6 Å². The monoisotopic (exact) mass is 262 g/mol. The van der Waals surface area contributed by atoms with Gasteiger partial charge in [0.05, 0.1) is 0 Å². The van der Waals surface area contributed by atoms with Crippen LogP contribution in [0, 0.1) is 29.6 Å². The third-order valence-electron chi connectivity index (χ3n) is 5.85. The van der Waals surface area contributed by atoms with E-state index in [0.717, 1.165) is 31.7 Å². The molecule has 3 aliphatic carbocycles. The van der Waals surface area contributed by atoms with Crippen molar-refractivity contribution >= 4 is 11.8 Å². The van der Waals surface area contributed by atoms with E-state index < -0.39 is 0 Å². The normalized spacial score (nSPS) is 44.2. The minimum Gasteiger partial charge on any atom is -0.368 e. The average molecular weight is 262 g/mol. The molecule has 1 heterocycles. The Hall–Kier alpha value is -1.06. The molecule has 5 atom stereocenters. The van der Waals surface area contributed by atoms with Crippen molar-refractivity contribution < 1.29 is 9.59 Å². The summed E-state index contributed by atoms with van der Waals surface area (Å²) in [6.45, 7) is 0.783. The second-order valence-electron chi connectivity index (χ2n) is 7.04. The first-order valence-electron chi connectivity index (χ1n) is 7.76. The molecule has 0 aromatic carbocycles. The second-order valence-corrected chi connectivity index (χ2v) is 7.04. The predicted molar refractivity (Wildman–Crippen MR) is 69.8 cm³/mol. The molecule has 1 aliphatic heterocycles. The number of carbonyl (C=O) groups excluding carboxylic acids is 2. The number of hydrogen-bond donors (Lipinski definition) is 1. The fourth-order valence-corrected chi connectivity index (χ4v) is 4.65. The van der Waals surface area contributed by atoms with Gasteiger partial charge in [-0.2, -0.15) is 0 Å². The van der Waals surface area contributed by atoms with Crippen molar-refractivity contribution in [1.82, 2.24) is 4.90 Å². The van der Waals surface area contributed by atoms with Gasteiger partial charge in [0.2, 0.25) is 11.8 Å². The number of carbonyl (C=O) groups is 2. The second kappa shape index (κ2) is 3.97. The maximum atomic E-state index is 12.6. The predicted octanol–water partition coefficient (Wildman–Crippen LogP) is 1.14. The van der Waals surface area contributed by atoms with Crippen LogP contribution in [-0.2, 0) is 9.59 Å². The Morgan fingerprint density at radius 1 is 1.00 bits per heavy atom. The highest BCUT2D eigenvalue weighted by molar-refractivity contribution is 5.90. The molecule has 0 radical (unpaired) electrons. The van der Waals surface area contributed by atoms with E-state index in [9.17, 15) is 9.59 Å². The molecule has 4 fully saturated rings. The van der Waals surface area contributed by atoms with Crippen LogP contribution in [0.2, 0.25) is 0 Å². The van der Waals surface area contributed by atoms with Crippen LogP contribution < -0.4 is 5.73 Å². The van der Waals surface area contributed by atoms with Gasteiger partial charge in [-0.05, 0) is 55.8 Å². The van der Waals surface area contributed by atoms with Crippen molar-refractivity contribution in [1.29, 1.82) is 0 Å². The van der Waals surface area contributed by atoms with Crippen LogP contribution in [-0.4, -0.2) is 29.3 Å². The highest BCUT2D eigenvalue weighted by Crippen LogP contribution is 2.56. The largest absolute Gasteiger partial charge is 0.368 e.